The number of rotatable bonds is 4. The van der Waals surface area contributed by atoms with Crippen LogP contribution in [0.25, 0.3) is 5.69 Å². The third-order valence-electron chi connectivity index (χ3n) is 4.26. The van der Waals surface area contributed by atoms with E-state index >= 15 is 0 Å². The highest BCUT2D eigenvalue weighted by molar-refractivity contribution is 6.01. The van der Waals surface area contributed by atoms with Crippen LogP contribution in [-0.2, 0) is 0 Å². The third-order valence-corrected chi connectivity index (χ3v) is 4.26. The van der Waals surface area contributed by atoms with E-state index in [-0.39, 0.29) is 11.2 Å². The average molecular weight is 364 g/mol. The molecule has 0 spiro atoms. The Labute approximate surface area is 156 Å². The van der Waals surface area contributed by atoms with E-state index in [1.165, 1.54) is 28.9 Å². The molecule has 1 heterocycles. The second-order valence-electron chi connectivity index (χ2n) is 6.57. The van der Waals surface area contributed by atoms with Gasteiger partial charge in [0.25, 0.3) is 11.2 Å². The molecule has 27 heavy (non-hydrogen) atoms. The predicted molar refractivity (Wildman–Crippen MR) is 106 cm³/mol. The molecule has 0 unspecified atom stereocenters. The number of aromatic nitrogens is 2. The zero-order valence-corrected chi connectivity index (χ0v) is 15.6. The van der Waals surface area contributed by atoms with Gasteiger partial charge in [-0.15, -0.1) is 0 Å². The smallest absolute Gasteiger partial charge is 0.280 e. The zero-order valence-electron chi connectivity index (χ0n) is 15.6. The number of hydrogen-bond donors (Lipinski definition) is 1. The first-order valence-electron chi connectivity index (χ1n) is 8.46. The normalized spacial score (nSPS) is 11.6. The fraction of sp³-hybridized carbons (Fsp3) is 0.200. The molecule has 0 saturated heterocycles. The van der Waals surface area contributed by atoms with Crippen LogP contribution in [0.1, 0.15) is 29.3 Å². The van der Waals surface area contributed by atoms with E-state index in [9.17, 15) is 14.9 Å². The Morgan fingerprint density at radius 1 is 1.07 bits per heavy atom. The highest BCUT2D eigenvalue weighted by Crippen LogP contribution is 2.19. The summed E-state index contributed by atoms with van der Waals surface area (Å²) in [7, 11) is 0. The first kappa shape index (κ1) is 18.3. The van der Waals surface area contributed by atoms with Crippen molar-refractivity contribution in [2.75, 3.05) is 0 Å². The topological polar surface area (TPSA) is 93.3 Å². The van der Waals surface area contributed by atoms with Crippen LogP contribution in [-0.4, -0.2) is 20.4 Å². The Balaban J connectivity index is 2.04. The van der Waals surface area contributed by atoms with E-state index in [4.69, 9.17) is 0 Å². The van der Waals surface area contributed by atoms with E-state index in [0.29, 0.717) is 22.7 Å². The molecule has 3 aromatic rings. The van der Waals surface area contributed by atoms with Gasteiger partial charge in [-0.3, -0.25) is 25.0 Å². The number of aromatic amines is 1. The van der Waals surface area contributed by atoms with Gasteiger partial charge in [-0.2, -0.15) is 0 Å². The molecule has 2 aromatic carbocycles. The Hall–Kier alpha value is -3.48. The molecule has 7 heteroatoms. The first-order valence-corrected chi connectivity index (χ1v) is 8.46. The number of nitrogens with zero attached hydrogens (tertiary/aromatic N) is 3. The van der Waals surface area contributed by atoms with Crippen LogP contribution in [0.2, 0.25) is 0 Å². The molecule has 0 radical (unpaired) electrons. The fourth-order valence-electron chi connectivity index (χ4n) is 3.14. The predicted octanol–water partition coefficient (Wildman–Crippen LogP) is 4.14. The summed E-state index contributed by atoms with van der Waals surface area (Å²) in [5, 5.41) is 13.8. The Bertz CT molecular complexity index is 1080. The lowest BCUT2D eigenvalue weighted by Gasteiger charge is -2.02. The SMILES string of the molecule is CC(=Nc1cc(C)cc(C)c1)c1c(C)[nH]n(-c2ccc([N+](=O)[O-])cc2)c1=O. The monoisotopic (exact) mass is 364 g/mol. The van der Waals surface area contributed by atoms with Gasteiger partial charge in [0.15, 0.2) is 0 Å². The molecule has 0 bridgehead atoms. The number of non-ortho nitro benzene ring substituents is 1. The molecule has 0 aliphatic rings. The van der Waals surface area contributed by atoms with Crippen molar-refractivity contribution >= 4 is 17.1 Å². The lowest BCUT2D eigenvalue weighted by molar-refractivity contribution is -0.384. The summed E-state index contributed by atoms with van der Waals surface area (Å²) < 4.78 is 1.37. The van der Waals surface area contributed by atoms with E-state index in [2.05, 4.69) is 16.2 Å². The summed E-state index contributed by atoms with van der Waals surface area (Å²) in [6, 6.07) is 11.8. The molecule has 3 rings (SSSR count). The van der Waals surface area contributed by atoms with Gasteiger partial charge in [0.1, 0.15) is 0 Å². The largest absolute Gasteiger partial charge is 0.295 e. The number of hydrogen-bond acceptors (Lipinski definition) is 4. The molecule has 0 atom stereocenters. The number of nitrogens with one attached hydrogen (secondary N) is 1. The lowest BCUT2D eigenvalue weighted by Crippen LogP contribution is -2.19. The quantitative estimate of drug-likeness (QED) is 0.428. The van der Waals surface area contributed by atoms with Gasteiger partial charge in [-0.05, 0) is 63.1 Å². The summed E-state index contributed by atoms with van der Waals surface area (Å²) in [6.07, 6.45) is 0. The summed E-state index contributed by atoms with van der Waals surface area (Å²) in [5.74, 6) is 0. The Morgan fingerprint density at radius 2 is 1.67 bits per heavy atom. The maximum absolute atomic E-state index is 12.9. The minimum atomic E-state index is -0.474. The summed E-state index contributed by atoms with van der Waals surface area (Å²) in [6.45, 7) is 7.61. The van der Waals surface area contributed by atoms with Crippen molar-refractivity contribution in [2.24, 2.45) is 4.99 Å². The van der Waals surface area contributed by atoms with Crippen molar-refractivity contribution in [2.45, 2.75) is 27.7 Å². The maximum Gasteiger partial charge on any atom is 0.280 e. The minimum absolute atomic E-state index is 0.0251. The summed E-state index contributed by atoms with van der Waals surface area (Å²) in [5.41, 5.74) is 5.06. The van der Waals surface area contributed by atoms with E-state index in [1.54, 1.807) is 13.8 Å². The van der Waals surface area contributed by atoms with Crippen LogP contribution >= 0.6 is 0 Å². The molecular formula is C20H20N4O3. The molecule has 7 nitrogen and oxygen atoms in total. The van der Waals surface area contributed by atoms with Crippen molar-refractivity contribution in [3.05, 3.63) is 85.3 Å². The first-order chi connectivity index (χ1) is 12.8. The van der Waals surface area contributed by atoms with Gasteiger partial charge < -0.3 is 0 Å². The number of benzene rings is 2. The van der Waals surface area contributed by atoms with E-state index < -0.39 is 4.92 Å². The van der Waals surface area contributed by atoms with Crippen LogP contribution < -0.4 is 5.56 Å². The van der Waals surface area contributed by atoms with Gasteiger partial charge in [0.2, 0.25) is 0 Å². The van der Waals surface area contributed by atoms with Gasteiger partial charge in [0, 0.05) is 17.8 Å². The standard InChI is InChI=1S/C20H20N4O3/c1-12-9-13(2)11-16(10-12)21-14(3)19-15(4)22-23(20(19)25)17-5-7-18(8-6-17)24(26)27/h5-11,22H,1-4H3. The van der Waals surface area contributed by atoms with E-state index in [0.717, 1.165) is 16.8 Å². The Kier molecular flexibility index (Phi) is 4.77. The fourth-order valence-corrected chi connectivity index (χ4v) is 3.14. The molecule has 1 aromatic heterocycles. The molecule has 0 amide bonds. The van der Waals surface area contributed by atoms with Gasteiger partial charge >= 0.3 is 0 Å². The van der Waals surface area contributed by atoms with Crippen LogP contribution in [0.15, 0.2) is 52.3 Å². The number of nitro benzene ring substituents is 1. The van der Waals surface area contributed by atoms with Crippen LogP contribution in [0.3, 0.4) is 0 Å². The third kappa shape index (κ3) is 3.72. The van der Waals surface area contributed by atoms with Crippen molar-refractivity contribution in [3.8, 4) is 5.69 Å². The molecular weight excluding hydrogens is 344 g/mol. The molecule has 138 valence electrons. The molecule has 0 saturated carbocycles. The number of aliphatic imine (C=N–C) groups is 1. The van der Waals surface area contributed by atoms with Crippen molar-refractivity contribution in [3.63, 3.8) is 0 Å². The summed E-state index contributed by atoms with van der Waals surface area (Å²) in [4.78, 5) is 27.8. The number of aryl methyl sites for hydroxylation is 3. The zero-order chi connectivity index (χ0) is 19.7. The van der Waals surface area contributed by atoms with Gasteiger partial charge in [0.05, 0.1) is 27.6 Å². The van der Waals surface area contributed by atoms with Crippen molar-refractivity contribution < 1.29 is 4.92 Å². The summed E-state index contributed by atoms with van der Waals surface area (Å²) >= 11 is 0. The Morgan fingerprint density at radius 3 is 2.22 bits per heavy atom. The minimum Gasteiger partial charge on any atom is -0.295 e. The van der Waals surface area contributed by atoms with Crippen LogP contribution in [0.4, 0.5) is 11.4 Å². The van der Waals surface area contributed by atoms with E-state index in [1.807, 2.05) is 26.0 Å². The van der Waals surface area contributed by atoms with Crippen molar-refractivity contribution in [1.82, 2.24) is 9.78 Å². The number of nitro groups is 1. The molecule has 0 aliphatic heterocycles. The average Bonchev–Trinajstić information content (AvgIpc) is 2.88. The highest BCUT2D eigenvalue weighted by atomic mass is 16.6. The maximum atomic E-state index is 12.9. The lowest BCUT2D eigenvalue weighted by atomic mass is 10.1. The van der Waals surface area contributed by atoms with Gasteiger partial charge in [-0.25, -0.2) is 4.68 Å². The molecule has 0 aliphatic carbocycles. The highest BCUT2D eigenvalue weighted by Gasteiger charge is 2.16. The second kappa shape index (κ2) is 7.03. The van der Waals surface area contributed by atoms with Crippen molar-refractivity contribution in [1.29, 1.82) is 0 Å². The van der Waals surface area contributed by atoms with Crippen LogP contribution in [0, 0.1) is 30.9 Å². The molecule has 1 N–H and O–H groups in total. The molecule has 0 fully saturated rings. The van der Waals surface area contributed by atoms with Crippen LogP contribution in [0.5, 0.6) is 0 Å². The second-order valence-corrected chi connectivity index (χ2v) is 6.57. The number of H-pyrrole nitrogens is 1. The van der Waals surface area contributed by atoms with Gasteiger partial charge in [-0.1, -0.05) is 6.07 Å².